The maximum atomic E-state index is 12.6. The van der Waals surface area contributed by atoms with Gasteiger partial charge in [0.05, 0.1) is 0 Å². The van der Waals surface area contributed by atoms with Crippen LogP contribution in [0.2, 0.25) is 0 Å². The maximum Gasteiger partial charge on any atom is 0.325 e. The van der Waals surface area contributed by atoms with Crippen LogP contribution < -0.4 is 5.32 Å². The molecule has 2 aromatic rings. The molecule has 1 atom stereocenters. The molecule has 8 nitrogen and oxygen atoms in total. The van der Waals surface area contributed by atoms with Crippen molar-refractivity contribution >= 4 is 23.6 Å². The first-order chi connectivity index (χ1) is 12.4. The Morgan fingerprint density at radius 3 is 2.69 bits per heavy atom. The molecule has 26 heavy (non-hydrogen) atoms. The summed E-state index contributed by atoms with van der Waals surface area (Å²) in [6.45, 7) is 2.09. The van der Waals surface area contributed by atoms with Gasteiger partial charge in [-0.2, -0.15) is 5.10 Å². The fourth-order valence-corrected chi connectivity index (χ4v) is 2.96. The summed E-state index contributed by atoms with van der Waals surface area (Å²) in [6, 6.07) is 8.81. The van der Waals surface area contributed by atoms with Crippen molar-refractivity contribution in [3.05, 3.63) is 47.7 Å². The Kier molecular flexibility index (Phi) is 5.01. The summed E-state index contributed by atoms with van der Waals surface area (Å²) in [5.41, 5.74) is 2.10. The minimum absolute atomic E-state index is 0.0536. The van der Waals surface area contributed by atoms with Crippen LogP contribution in [0.1, 0.15) is 24.0 Å². The van der Waals surface area contributed by atoms with Crippen LogP contribution in [0.4, 0.5) is 5.82 Å². The molecule has 2 N–H and O–H groups in total. The van der Waals surface area contributed by atoms with E-state index in [0.29, 0.717) is 19.4 Å². The van der Waals surface area contributed by atoms with Crippen molar-refractivity contribution in [2.24, 2.45) is 0 Å². The van der Waals surface area contributed by atoms with Gasteiger partial charge in [-0.25, -0.2) is 0 Å². The van der Waals surface area contributed by atoms with Crippen molar-refractivity contribution in [1.82, 2.24) is 14.7 Å². The number of hydrogen-bond donors (Lipinski definition) is 2. The molecule has 1 aliphatic heterocycles. The smallest absolute Gasteiger partial charge is 0.325 e. The molecule has 2 heterocycles. The zero-order chi connectivity index (χ0) is 18.7. The third-order valence-electron chi connectivity index (χ3n) is 4.29. The third kappa shape index (κ3) is 4.08. The highest BCUT2D eigenvalue weighted by Gasteiger charge is 2.36. The Morgan fingerprint density at radius 1 is 1.27 bits per heavy atom. The lowest BCUT2D eigenvalue weighted by Crippen LogP contribution is -2.41. The number of carboxylic acids is 1. The molecule has 1 aliphatic rings. The molecular formula is C18H20N4O4. The summed E-state index contributed by atoms with van der Waals surface area (Å²) in [4.78, 5) is 37.0. The summed E-state index contributed by atoms with van der Waals surface area (Å²) in [5, 5.41) is 15.4. The number of nitrogens with one attached hydrogen (secondary N) is 1. The summed E-state index contributed by atoms with van der Waals surface area (Å²) >= 11 is 0. The molecule has 0 radical (unpaired) electrons. The fraction of sp³-hybridized carbons (Fsp3) is 0.333. The van der Waals surface area contributed by atoms with Gasteiger partial charge in [0, 0.05) is 25.2 Å². The normalized spacial score (nSPS) is 16.7. The second kappa shape index (κ2) is 7.38. The molecule has 1 fully saturated rings. The van der Waals surface area contributed by atoms with E-state index in [9.17, 15) is 14.4 Å². The van der Waals surface area contributed by atoms with Crippen molar-refractivity contribution in [3.63, 3.8) is 0 Å². The number of nitrogens with zero attached hydrogens (tertiary/aromatic N) is 3. The van der Waals surface area contributed by atoms with Gasteiger partial charge in [0.15, 0.2) is 5.82 Å². The van der Waals surface area contributed by atoms with Gasteiger partial charge in [0.25, 0.3) is 0 Å². The predicted molar refractivity (Wildman–Crippen MR) is 93.2 cm³/mol. The SMILES string of the molecule is Cc1ccc(CN2C(=O)CC[C@H]2C(=O)Nc2ccn(CC(=O)O)n2)cc1. The van der Waals surface area contributed by atoms with Crippen molar-refractivity contribution in [1.29, 1.82) is 0 Å². The van der Waals surface area contributed by atoms with Gasteiger partial charge in [-0.05, 0) is 18.9 Å². The Hall–Kier alpha value is -3.16. The molecule has 1 saturated heterocycles. The van der Waals surface area contributed by atoms with Crippen LogP contribution in [-0.2, 0) is 27.5 Å². The van der Waals surface area contributed by atoms with Gasteiger partial charge < -0.3 is 15.3 Å². The average molecular weight is 356 g/mol. The van der Waals surface area contributed by atoms with E-state index < -0.39 is 12.0 Å². The van der Waals surface area contributed by atoms with Gasteiger partial charge in [0.1, 0.15) is 12.6 Å². The third-order valence-corrected chi connectivity index (χ3v) is 4.29. The molecule has 0 spiro atoms. The first-order valence-corrected chi connectivity index (χ1v) is 8.33. The number of carbonyl (C=O) groups is 3. The van der Waals surface area contributed by atoms with E-state index in [-0.39, 0.29) is 24.2 Å². The first-order valence-electron chi connectivity index (χ1n) is 8.33. The Labute approximate surface area is 150 Å². The molecule has 0 saturated carbocycles. The second-order valence-corrected chi connectivity index (χ2v) is 6.34. The highest BCUT2D eigenvalue weighted by molar-refractivity contribution is 5.98. The number of carboxylic acid groups (broad SMARTS) is 1. The highest BCUT2D eigenvalue weighted by Crippen LogP contribution is 2.23. The lowest BCUT2D eigenvalue weighted by atomic mass is 10.1. The second-order valence-electron chi connectivity index (χ2n) is 6.34. The Bertz CT molecular complexity index is 828. The van der Waals surface area contributed by atoms with E-state index in [2.05, 4.69) is 10.4 Å². The number of carbonyl (C=O) groups excluding carboxylic acids is 2. The molecule has 136 valence electrons. The summed E-state index contributed by atoms with van der Waals surface area (Å²) in [5.74, 6) is -1.12. The number of hydrogen-bond acceptors (Lipinski definition) is 4. The number of likely N-dealkylation sites (tertiary alicyclic amines) is 1. The Balaban J connectivity index is 1.67. The number of aliphatic carboxylic acids is 1. The van der Waals surface area contributed by atoms with E-state index in [1.807, 2.05) is 31.2 Å². The largest absolute Gasteiger partial charge is 0.480 e. The van der Waals surface area contributed by atoms with Crippen LogP contribution in [-0.4, -0.2) is 43.6 Å². The number of benzene rings is 1. The molecule has 1 aromatic carbocycles. The maximum absolute atomic E-state index is 12.6. The number of amides is 2. The van der Waals surface area contributed by atoms with Gasteiger partial charge in [-0.1, -0.05) is 29.8 Å². The quantitative estimate of drug-likeness (QED) is 0.814. The zero-order valence-corrected chi connectivity index (χ0v) is 14.4. The molecule has 3 rings (SSSR count). The van der Waals surface area contributed by atoms with Gasteiger partial charge in [0.2, 0.25) is 11.8 Å². The van der Waals surface area contributed by atoms with Gasteiger partial charge in [-0.3, -0.25) is 19.1 Å². The zero-order valence-electron chi connectivity index (χ0n) is 14.4. The van der Waals surface area contributed by atoms with Crippen LogP contribution in [0.25, 0.3) is 0 Å². The standard InChI is InChI=1S/C18H20N4O4/c1-12-2-4-13(5-3-12)10-22-14(6-7-16(22)23)18(26)19-15-8-9-21(20-15)11-17(24)25/h2-5,8-9,14H,6-7,10-11H2,1H3,(H,24,25)(H,19,20,26)/t14-/m0/s1. The van der Waals surface area contributed by atoms with E-state index in [4.69, 9.17) is 5.11 Å². The first kappa shape index (κ1) is 17.7. The van der Waals surface area contributed by atoms with Crippen molar-refractivity contribution in [2.45, 2.75) is 38.9 Å². The van der Waals surface area contributed by atoms with Crippen LogP contribution in [0, 0.1) is 6.92 Å². The number of aromatic nitrogens is 2. The molecule has 0 unspecified atom stereocenters. The molecule has 8 heteroatoms. The lowest BCUT2D eigenvalue weighted by molar-refractivity contribution is -0.138. The van der Waals surface area contributed by atoms with Crippen molar-refractivity contribution in [3.8, 4) is 0 Å². The topological polar surface area (TPSA) is 105 Å². The van der Waals surface area contributed by atoms with E-state index in [1.165, 1.54) is 16.9 Å². The molecule has 1 aromatic heterocycles. The summed E-state index contributed by atoms with van der Waals surface area (Å²) in [6.07, 6.45) is 2.26. The van der Waals surface area contributed by atoms with E-state index in [1.54, 1.807) is 4.90 Å². The van der Waals surface area contributed by atoms with Crippen LogP contribution >= 0.6 is 0 Å². The van der Waals surface area contributed by atoms with Crippen LogP contribution in [0.5, 0.6) is 0 Å². The van der Waals surface area contributed by atoms with Crippen LogP contribution in [0.3, 0.4) is 0 Å². The Morgan fingerprint density at radius 2 is 2.00 bits per heavy atom. The molecule has 0 aliphatic carbocycles. The lowest BCUT2D eigenvalue weighted by Gasteiger charge is -2.24. The highest BCUT2D eigenvalue weighted by atomic mass is 16.4. The van der Waals surface area contributed by atoms with Gasteiger partial charge in [-0.15, -0.1) is 0 Å². The molecule has 2 amide bonds. The number of anilines is 1. The van der Waals surface area contributed by atoms with Crippen LogP contribution in [0.15, 0.2) is 36.5 Å². The summed E-state index contributed by atoms with van der Waals surface area (Å²) < 4.78 is 1.22. The van der Waals surface area contributed by atoms with E-state index >= 15 is 0 Å². The van der Waals surface area contributed by atoms with Crippen molar-refractivity contribution < 1.29 is 19.5 Å². The number of rotatable bonds is 6. The van der Waals surface area contributed by atoms with E-state index in [0.717, 1.165) is 11.1 Å². The number of aryl methyl sites for hydroxylation is 1. The minimum atomic E-state index is -1.02. The molecular weight excluding hydrogens is 336 g/mol. The minimum Gasteiger partial charge on any atom is -0.480 e. The molecule has 0 bridgehead atoms. The summed E-state index contributed by atoms with van der Waals surface area (Å²) in [7, 11) is 0. The monoisotopic (exact) mass is 356 g/mol. The van der Waals surface area contributed by atoms with Crippen molar-refractivity contribution in [2.75, 3.05) is 5.32 Å². The fourth-order valence-electron chi connectivity index (χ4n) is 2.96. The van der Waals surface area contributed by atoms with Gasteiger partial charge >= 0.3 is 5.97 Å². The predicted octanol–water partition coefficient (Wildman–Crippen LogP) is 1.41. The average Bonchev–Trinajstić information content (AvgIpc) is 3.16.